The van der Waals surface area contributed by atoms with Crippen molar-refractivity contribution in [3.05, 3.63) is 58.3 Å². The van der Waals surface area contributed by atoms with Gasteiger partial charge in [-0.25, -0.2) is 12.4 Å². The number of aromatic nitrogens is 1. The monoisotopic (exact) mass is 454 g/mol. The van der Waals surface area contributed by atoms with Crippen LogP contribution in [0.1, 0.15) is 13.8 Å². The number of benzene rings is 2. The summed E-state index contributed by atoms with van der Waals surface area (Å²) in [5.74, 6) is 0. The predicted molar refractivity (Wildman–Crippen MR) is 107 cm³/mol. The van der Waals surface area contributed by atoms with Crippen LogP contribution >= 0.6 is 22.6 Å². The molecule has 1 aromatic heterocycles. The highest BCUT2D eigenvalue weighted by Gasteiger charge is 2.22. The standard InChI is InChI=1S/C18H19IN2O2S/c1-3-20(4-2)15-11-10-14-12-18(19)21(17(14)13-15)24(22,23)16-8-6-5-7-9-16/h5-13H,3-4H2,1-2H3. The minimum absolute atomic E-state index is 0.300. The van der Waals surface area contributed by atoms with E-state index in [4.69, 9.17) is 0 Å². The number of hydrogen-bond acceptors (Lipinski definition) is 3. The van der Waals surface area contributed by atoms with Crippen LogP contribution in [0.2, 0.25) is 0 Å². The maximum atomic E-state index is 13.1. The van der Waals surface area contributed by atoms with Crippen molar-refractivity contribution < 1.29 is 8.42 Å². The van der Waals surface area contributed by atoms with Gasteiger partial charge in [0.25, 0.3) is 10.0 Å². The summed E-state index contributed by atoms with van der Waals surface area (Å²) in [5.41, 5.74) is 1.75. The minimum Gasteiger partial charge on any atom is -0.372 e. The van der Waals surface area contributed by atoms with Crippen molar-refractivity contribution in [1.82, 2.24) is 3.97 Å². The average Bonchev–Trinajstić information content (AvgIpc) is 2.92. The summed E-state index contributed by atoms with van der Waals surface area (Å²) in [6.07, 6.45) is 0. The highest BCUT2D eigenvalue weighted by atomic mass is 127. The zero-order valence-electron chi connectivity index (χ0n) is 13.6. The van der Waals surface area contributed by atoms with Gasteiger partial charge in [0.2, 0.25) is 0 Å². The first-order valence-corrected chi connectivity index (χ1v) is 10.4. The van der Waals surface area contributed by atoms with Crippen molar-refractivity contribution in [2.75, 3.05) is 18.0 Å². The third kappa shape index (κ3) is 2.93. The normalized spacial score (nSPS) is 11.8. The van der Waals surface area contributed by atoms with Crippen LogP contribution in [-0.4, -0.2) is 25.5 Å². The largest absolute Gasteiger partial charge is 0.372 e. The molecule has 0 saturated carbocycles. The van der Waals surface area contributed by atoms with Gasteiger partial charge in [-0.15, -0.1) is 0 Å². The molecule has 24 heavy (non-hydrogen) atoms. The second kappa shape index (κ2) is 6.76. The van der Waals surface area contributed by atoms with Crippen LogP contribution in [0, 0.1) is 3.70 Å². The molecule has 0 fully saturated rings. The lowest BCUT2D eigenvalue weighted by Gasteiger charge is -2.21. The van der Waals surface area contributed by atoms with Gasteiger partial charge in [-0.1, -0.05) is 24.3 Å². The molecule has 0 amide bonds. The first-order valence-electron chi connectivity index (χ1n) is 7.85. The summed E-state index contributed by atoms with van der Waals surface area (Å²) in [5, 5.41) is 0.926. The fourth-order valence-corrected chi connectivity index (χ4v) is 5.64. The summed E-state index contributed by atoms with van der Waals surface area (Å²) >= 11 is 2.08. The molecule has 0 unspecified atom stereocenters. The molecule has 0 radical (unpaired) electrons. The van der Waals surface area contributed by atoms with Crippen LogP contribution in [0.4, 0.5) is 5.69 Å². The van der Waals surface area contributed by atoms with Crippen molar-refractivity contribution in [2.24, 2.45) is 0 Å². The Morgan fingerprint density at radius 1 is 1.00 bits per heavy atom. The third-order valence-electron chi connectivity index (χ3n) is 4.11. The van der Waals surface area contributed by atoms with E-state index in [9.17, 15) is 8.42 Å². The van der Waals surface area contributed by atoms with Gasteiger partial charge in [0.15, 0.2) is 0 Å². The predicted octanol–water partition coefficient (Wildman–Crippen LogP) is 4.33. The molecule has 4 nitrogen and oxygen atoms in total. The van der Waals surface area contributed by atoms with E-state index in [1.54, 1.807) is 24.3 Å². The zero-order valence-corrected chi connectivity index (χ0v) is 16.6. The van der Waals surface area contributed by atoms with Gasteiger partial charge < -0.3 is 4.90 Å². The number of halogens is 1. The Balaban J connectivity index is 2.24. The molecule has 0 aliphatic heterocycles. The molecule has 2 aromatic carbocycles. The summed E-state index contributed by atoms with van der Waals surface area (Å²) in [6, 6.07) is 16.5. The number of hydrogen-bond donors (Lipinski definition) is 0. The number of fused-ring (bicyclic) bond motifs is 1. The zero-order chi connectivity index (χ0) is 17.3. The molecule has 3 aromatic rings. The van der Waals surface area contributed by atoms with Gasteiger partial charge in [-0.2, -0.15) is 0 Å². The summed E-state index contributed by atoms with van der Waals surface area (Å²) in [6.45, 7) is 5.95. The van der Waals surface area contributed by atoms with Crippen molar-refractivity contribution in [1.29, 1.82) is 0 Å². The Kier molecular flexibility index (Phi) is 4.87. The van der Waals surface area contributed by atoms with E-state index in [0.29, 0.717) is 14.1 Å². The average molecular weight is 454 g/mol. The van der Waals surface area contributed by atoms with Crippen molar-refractivity contribution >= 4 is 49.2 Å². The SMILES string of the molecule is CCN(CC)c1ccc2cc(I)n(S(=O)(=O)c3ccccc3)c2c1. The van der Waals surface area contributed by atoms with Crippen molar-refractivity contribution in [2.45, 2.75) is 18.7 Å². The van der Waals surface area contributed by atoms with Crippen LogP contribution in [0.15, 0.2) is 59.5 Å². The lowest BCUT2D eigenvalue weighted by atomic mass is 10.2. The van der Waals surface area contributed by atoms with Gasteiger partial charge in [0, 0.05) is 24.2 Å². The van der Waals surface area contributed by atoms with E-state index in [-0.39, 0.29) is 0 Å². The van der Waals surface area contributed by atoms with Gasteiger partial charge in [0.05, 0.1) is 14.1 Å². The second-order valence-corrected chi connectivity index (χ2v) is 8.36. The number of anilines is 1. The van der Waals surface area contributed by atoms with Crippen LogP contribution < -0.4 is 4.90 Å². The fourth-order valence-electron chi connectivity index (χ4n) is 2.86. The van der Waals surface area contributed by atoms with Gasteiger partial charge in [-0.05, 0) is 66.8 Å². The Hall–Kier alpha value is -1.54. The van der Waals surface area contributed by atoms with Crippen molar-refractivity contribution in [3.8, 4) is 0 Å². The van der Waals surface area contributed by atoms with Gasteiger partial charge in [-0.3, -0.25) is 0 Å². The molecule has 0 aliphatic carbocycles. The summed E-state index contributed by atoms with van der Waals surface area (Å²) < 4.78 is 28.3. The maximum absolute atomic E-state index is 13.1. The van der Waals surface area contributed by atoms with Crippen LogP contribution in [0.25, 0.3) is 10.9 Å². The Morgan fingerprint density at radius 2 is 1.67 bits per heavy atom. The quantitative estimate of drug-likeness (QED) is 0.539. The first-order chi connectivity index (χ1) is 11.5. The molecule has 6 heteroatoms. The van der Waals surface area contributed by atoms with E-state index in [0.717, 1.165) is 24.2 Å². The molecule has 0 spiro atoms. The number of nitrogens with zero attached hydrogens (tertiary/aromatic N) is 2. The topological polar surface area (TPSA) is 42.3 Å². The molecule has 3 rings (SSSR count). The lowest BCUT2D eigenvalue weighted by Crippen LogP contribution is -2.21. The van der Waals surface area contributed by atoms with Crippen molar-refractivity contribution in [3.63, 3.8) is 0 Å². The second-order valence-electron chi connectivity index (χ2n) is 5.46. The summed E-state index contributed by atoms with van der Waals surface area (Å²) in [4.78, 5) is 2.51. The lowest BCUT2D eigenvalue weighted by molar-refractivity contribution is 0.588. The molecular weight excluding hydrogens is 435 g/mol. The highest BCUT2D eigenvalue weighted by molar-refractivity contribution is 14.1. The highest BCUT2D eigenvalue weighted by Crippen LogP contribution is 2.30. The van der Waals surface area contributed by atoms with E-state index >= 15 is 0 Å². The number of rotatable bonds is 5. The molecule has 126 valence electrons. The molecule has 0 bridgehead atoms. The molecule has 0 aliphatic rings. The maximum Gasteiger partial charge on any atom is 0.269 e. The minimum atomic E-state index is -3.62. The molecule has 0 saturated heterocycles. The van der Waals surface area contributed by atoms with Crippen LogP contribution in [0.5, 0.6) is 0 Å². The molecule has 0 atom stereocenters. The van der Waals surface area contributed by atoms with Crippen LogP contribution in [-0.2, 0) is 10.0 Å². The summed E-state index contributed by atoms with van der Waals surface area (Å²) in [7, 11) is -3.62. The van der Waals surface area contributed by atoms with Gasteiger partial charge in [0.1, 0.15) is 0 Å². The molecular formula is C18H19IN2O2S. The van der Waals surface area contributed by atoms with E-state index in [2.05, 4.69) is 41.3 Å². The Morgan fingerprint density at radius 3 is 2.29 bits per heavy atom. The van der Waals surface area contributed by atoms with Gasteiger partial charge >= 0.3 is 0 Å². The smallest absolute Gasteiger partial charge is 0.269 e. The van der Waals surface area contributed by atoms with Crippen LogP contribution in [0.3, 0.4) is 0 Å². The molecule has 0 N–H and O–H groups in total. The first kappa shape index (κ1) is 17.3. The van der Waals surface area contributed by atoms with E-state index < -0.39 is 10.0 Å². The molecule has 1 heterocycles. The third-order valence-corrected chi connectivity index (χ3v) is 6.97. The van der Waals surface area contributed by atoms with E-state index in [1.807, 2.05) is 30.3 Å². The Bertz CT molecular complexity index is 961. The Labute approximate surface area is 156 Å². The fraction of sp³-hybridized carbons (Fsp3) is 0.222. The van der Waals surface area contributed by atoms with E-state index in [1.165, 1.54) is 3.97 Å².